The Balaban J connectivity index is 3.04. The van der Waals surface area contributed by atoms with Crippen LogP contribution >= 0.6 is 11.6 Å². The highest BCUT2D eigenvalue weighted by atomic mass is 35.5. The Hall–Kier alpha value is -1.42. The number of benzene rings is 1. The number of aliphatic imine (C=N–C) groups is 1. The molecule has 18 heavy (non-hydrogen) atoms. The maximum Gasteiger partial charge on any atom is 0.193 e. The monoisotopic (exact) mass is 269 g/mol. The van der Waals surface area contributed by atoms with Gasteiger partial charge >= 0.3 is 0 Å². The third kappa shape index (κ3) is 4.11. The van der Waals surface area contributed by atoms with E-state index in [1.165, 1.54) is 0 Å². The summed E-state index contributed by atoms with van der Waals surface area (Å²) in [6, 6.07) is 3.63. The first kappa shape index (κ1) is 14.6. The minimum absolute atomic E-state index is 0.230. The van der Waals surface area contributed by atoms with Crippen LogP contribution in [0.1, 0.15) is 26.3 Å². The van der Waals surface area contributed by atoms with E-state index in [1.54, 1.807) is 13.2 Å². The van der Waals surface area contributed by atoms with Crippen molar-refractivity contribution in [3.63, 3.8) is 0 Å². The van der Waals surface area contributed by atoms with Crippen molar-refractivity contribution in [2.75, 3.05) is 12.4 Å². The molecular weight excluding hydrogens is 250 g/mol. The van der Waals surface area contributed by atoms with Gasteiger partial charge in [-0.25, -0.2) is 4.99 Å². The van der Waals surface area contributed by atoms with E-state index in [9.17, 15) is 0 Å². The highest BCUT2D eigenvalue weighted by Crippen LogP contribution is 2.30. The molecule has 1 rings (SSSR count). The maximum atomic E-state index is 6.04. The van der Waals surface area contributed by atoms with Gasteiger partial charge in [-0.15, -0.1) is 0 Å². The third-order valence-corrected chi connectivity index (χ3v) is 2.61. The highest BCUT2D eigenvalue weighted by Gasteiger charge is 2.11. The van der Waals surface area contributed by atoms with Crippen LogP contribution in [0.5, 0.6) is 5.75 Å². The smallest absolute Gasteiger partial charge is 0.193 e. The van der Waals surface area contributed by atoms with Gasteiger partial charge in [0.05, 0.1) is 18.3 Å². The fourth-order valence-electron chi connectivity index (χ4n) is 1.46. The molecule has 0 aliphatic heterocycles. The van der Waals surface area contributed by atoms with Crippen LogP contribution in [0.15, 0.2) is 17.1 Å². The number of guanidine groups is 1. The SMILES string of the molecule is COc1cc(Cl)c(C)cc1NC(N)=NC(C)(C)C. The summed E-state index contributed by atoms with van der Waals surface area (Å²) in [5.41, 5.74) is 7.33. The van der Waals surface area contributed by atoms with Crippen LogP contribution in [0, 0.1) is 6.92 Å². The van der Waals surface area contributed by atoms with Crippen molar-refractivity contribution in [3.8, 4) is 5.75 Å². The number of anilines is 1. The second-order valence-electron chi connectivity index (χ2n) is 5.09. The van der Waals surface area contributed by atoms with Crippen LogP contribution in [0.3, 0.4) is 0 Å². The fraction of sp³-hybridized carbons (Fsp3) is 0.462. The molecule has 0 bridgehead atoms. The summed E-state index contributed by atoms with van der Waals surface area (Å²) in [5.74, 6) is 0.986. The standard InChI is InChI=1S/C13H20ClN3O/c1-8-6-10(11(18-5)7-9(8)14)16-12(15)17-13(2,3)4/h6-7H,1-5H3,(H3,15,16,17). The summed E-state index contributed by atoms with van der Waals surface area (Å²) in [5, 5.41) is 3.69. The van der Waals surface area contributed by atoms with E-state index >= 15 is 0 Å². The van der Waals surface area contributed by atoms with Gasteiger partial charge in [0.1, 0.15) is 5.75 Å². The Kier molecular flexibility index (Phi) is 4.46. The first-order chi connectivity index (χ1) is 8.23. The second kappa shape index (κ2) is 5.48. The van der Waals surface area contributed by atoms with Crippen molar-refractivity contribution in [3.05, 3.63) is 22.7 Å². The average Bonchev–Trinajstić information content (AvgIpc) is 2.20. The zero-order valence-electron chi connectivity index (χ0n) is 11.5. The van der Waals surface area contributed by atoms with Gasteiger partial charge < -0.3 is 15.8 Å². The van der Waals surface area contributed by atoms with Crippen molar-refractivity contribution < 1.29 is 4.74 Å². The summed E-state index contributed by atoms with van der Waals surface area (Å²) in [6.45, 7) is 7.85. The highest BCUT2D eigenvalue weighted by molar-refractivity contribution is 6.31. The first-order valence-corrected chi connectivity index (χ1v) is 6.07. The topological polar surface area (TPSA) is 59.6 Å². The summed E-state index contributed by atoms with van der Waals surface area (Å²) < 4.78 is 5.25. The van der Waals surface area contributed by atoms with Crippen LogP contribution < -0.4 is 15.8 Å². The van der Waals surface area contributed by atoms with E-state index in [2.05, 4.69) is 10.3 Å². The van der Waals surface area contributed by atoms with Gasteiger partial charge in [0.25, 0.3) is 0 Å². The Morgan fingerprint density at radius 3 is 2.50 bits per heavy atom. The van der Waals surface area contributed by atoms with Crippen molar-refractivity contribution in [2.45, 2.75) is 33.2 Å². The molecule has 5 heteroatoms. The van der Waals surface area contributed by atoms with Crippen molar-refractivity contribution >= 4 is 23.2 Å². The van der Waals surface area contributed by atoms with Gasteiger partial charge in [0, 0.05) is 11.1 Å². The molecular formula is C13H20ClN3O. The summed E-state index contributed by atoms with van der Waals surface area (Å²) >= 11 is 6.04. The predicted molar refractivity (Wildman–Crippen MR) is 77.7 cm³/mol. The molecule has 1 aromatic rings. The first-order valence-electron chi connectivity index (χ1n) is 5.69. The lowest BCUT2D eigenvalue weighted by Crippen LogP contribution is -2.27. The molecule has 0 aliphatic carbocycles. The number of ether oxygens (including phenoxy) is 1. The van der Waals surface area contributed by atoms with E-state index in [1.807, 2.05) is 33.8 Å². The zero-order valence-corrected chi connectivity index (χ0v) is 12.2. The lowest BCUT2D eigenvalue weighted by molar-refractivity contribution is 0.417. The molecule has 0 saturated carbocycles. The number of hydrogen-bond acceptors (Lipinski definition) is 2. The Bertz CT molecular complexity index is 464. The van der Waals surface area contributed by atoms with E-state index in [0.29, 0.717) is 16.7 Å². The van der Waals surface area contributed by atoms with Crippen molar-refractivity contribution in [1.82, 2.24) is 0 Å². The van der Waals surface area contributed by atoms with E-state index in [4.69, 9.17) is 22.1 Å². The van der Waals surface area contributed by atoms with E-state index in [-0.39, 0.29) is 5.54 Å². The number of nitrogens with two attached hydrogens (primary N) is 1. The molecule has 4 nitrogen and oxygen atoms in total. The molecule has 0 fully saturated rings. The van der Waals surface area contributed by atoms with Crippen LogP contribution in [-0.4, -0.2) is 18.6 Å². The number of halogens is 1. The molecule has 3 N–H and O–H groups in total. The lowest BCUT2D eigenvalue weighted by atomic mass is 10.1. The van der Waals surface area contributed by atoms with Crippen LogP contribution in [0.25, 0.3) is 0 Å². The van der Waals surface area contributed by atoms with Crippen LogP contribution in [0.4, 0.5) is 5.69 Å². The summed E-state index contributed by atoms with van der Waals surface area (Å²) in [4.78, 5) is 4.33. The number of methoxy groups -OCH3 is 1. The van der Waals surface area contributed by atoms with Gasteiger partial charge in [-0.05, 0) is 39.3 Å². The van der Waals surface area contributed by atoms with Crippen molar-refractivity contribution in [1.29, 1.82) is 0 Å². The second-order valence-corrected chi connectivity index (χ2v) is 5.50. The van der Waals surface area contributed by atoms with Gasteiger partial charge in [-0.2, -0.15) is 0 Å². The molecule has 0 atom stereocenters. The number of hydrogen-bond donors (Lipinski definition) is 2. The molecule has 0 aliphatic rings. The zero-order chi connectivity index (χ0) is 13.9. The molecule has 0 radical (unpaired) electrons. The molecule has 0 unspecified atom stereocenters. The van der Waals surface area contributed by atoms with Gasteiger partial charge in [0.15, 0.2) is 5.96 Å². The fourth-order valence-corrected chi connectivity index (χ4v) is 1.61. The molecule has 0 aromatic heterocycles. The number of rotatable bonds is 2. The Morgan fingerprint density at radius 1 is 1.39 bits per heavy atom. The van der Waals surface area contributed by atoms with Gasteiger partial charge in [-0.3, -0.25) is 0 Å². The summed E-state index contributed by atoms with van der Waals surface area (Å²) in [6.07, 6.45) is 0. The number of aryl methyl sites for hydroxylation is 1. The number of nitrogens with zero attached hydrogens (tertiary/aromatic N) is 1. The van der Waals surface area contributed by atoms with Crippen LogP contribution in [0.2, 0.25) is 5.02 Å². The van der Waals surface area contributed by atoms with Crippen LogP contribution in [-0.2, 0) is 0 Å². The average molecular weight is 270 g/mol. The lowest BCUT2D eigenvalue weighted by Gasteiger charge is -2.16. The quantitative estimate of drug-likeness (QED) is 0.640. The Morgan fingerprint density at radius 2 is 2.00 bits per heavy atom. The minimum atomic E-state index is -0.230. The molecule has 0 heterocycles. The maximum absolute atomic E-state index is 6.04. The van der Waals surface area contributed by atoms with Gasteiger partial charge in [0.2, 0.25) is 0 Å². The normalized spacial score (nSPS) is 12.4. The Labute approximate surface area is 113 Å². The summed E-state index contributed by atoms with van der Waals surface area (Å²) in [7, 11) is 1.59. The van der Waals surface area contributed by atoms with Crippen molar-refractivity contribution in [2.24, 2.45) is 10.7 Å². The largest absolute Gasteiger partial charge is 0.495 e. The number of nitrogens with one attached hydrogen (secondary N) is 1. The van der Waals surface area contributed by atoms with E-state index < -0.39 is 0 Å². The molecule has 1 aromatic carbocycles. The molecule has 100 valence electrons. The third-order valence-electron chi connectivity index (χ3n) is 2.20. The molecule has 0 spiro atoms. The predicted octanol–water partition coefficient (Wildman–Crippen LogP) is 3.18. The minimum Gasteiger partial charge on any atom is -0.495 e. The molecule has 0 saturated heterocycles. The van der Waals surface area contributed by atoms with E-state index in [0.717, 1.165) is 11.3 Å². The molecule has 0 amide bonds. The van der Waals surface area contributed by atoms with Gasteiger partial charge in [-0.1, -0.05) is 11.6 Å².